The summed E-state index contributed by atoms with van der Waals surface area (Å²) in [6.45, 7) is 3.59. The van der Waals surface area contributed by atoms with E-state index in [4.69, 9.17) is 9.47 Å². The average molecular weight is 349 g/mol. The predicted molar refractivity (Wildman–Crippen MR) is 77.8 cm³/mol. The quantitative estimate of drug-likeness (QED) is 0.791. The van der Waals surface area contributed by atoms with Crippen LogP contribution in [0.2, 0.25) is 0 Å². The van der Waals surface area contributed by atoms with Crippen LogP contribution in [0.5, 0.6) is 5.06 Å². The van der Waals surface area contributed by atoms with E-state index in [1.165, 1.54) is 4.88 Å². The maximum absolute atomic E-state index is 11.3. The molecule has 0 spiro atoms. The molecular formula is C12H17BrN2O3S. The first kappa shape index (κ1) is 14.6. The molecule has 1 fully saturated rings. The molecule has 0 aromatic carbocycles. The van der Waals surface area contributed by atoms with Gasteiger partial charge in [0.15, 0.2) is 5.06 Å². The topological polar surface area (TPSA) is 42.0 Å². The van der Waals surface area contributed by atoms with Crippen molar-refractivity contribution in [1.82, 2.24) is 9.80 Å². The zero-order valence-corrected chi connectivity index (χ0v) is 13.4. The fraction of sp³-hybridized carbons (Fsp3) is 0.583. The van der Waals surface area contributed by atoms with Crippen LogP contribution in [0.1, 0.15) is 4.88 Å². The minimum atomic E-state index is -0.200. The molecule has 0 atom stereocenters. The fourth-order valence-electron chi connectivity index (χ4n) is 1.88. The number of nitrogens with zero attached hydrogens (tertiary/aromatic N) is 2. The Bertz CT molecular complexity index is 452. The number of cyclic esters (lactones) is 1. The van der Waals surface area contributed by atoms with Crippen molar-refractivity contribution in [2.75, 3.05) is 40.4 Å². The Hall–Kier alpha value is -0.790. The van der Waals surface area contributed by atoms with Crippen LogP contribution in [0.3, 0.4) is 0 Å². The largest absolute Gasteiger partial charge is 0.486 e. The summed E-state index contributed by atoms with van der Waals surface area (Å²) in [5.41, 5.74) is 0. The van der Waals surface area contributed by atoms with E-state index in [1.54, 1.807) is 23.3 Å². The number of thiophene rings is 1. The van der Waals surface area contributed by atoms with Gasteiger partial charge in [-0.15, -0.1) is 11.3 Å². The van der Waals surface area contributed by atoms with Gasteiger partial charge < -0.3 is 14.4 Å². The molecule has 1 saturated heterocycles. The smallest absolute Gasteiger partial charge is 0.409 e. The first-order valence-electron chi connectivity index (χ1n) is 6.02. The molecule has 0 N–H and O–H groups in total. The summed E-state index contributed by atoms with van der Waals surface area (Å²) >= 11 is 5.10. The molecule has 0 aliphatic carbocycles. The van der Waals surface area contributed by atoms with Crippen LogP contribution in [0.15, 0.2) is 10.5 Å². The van der Waals surface area contributed by atoms with Gasteiger partial charge in [-0.2, -0.15) is 0 Å². The van der Waals surface area contributed by atoms with E-state index in [9.17, 15) is 4.79 Å². The van der Waals surface area contributed by atoms with E-state index in [0.717, 1.165) is 22.6 Å². The number of amides is 1. The van der Waals surface area contributed by atoms with Crippen LogP contribution >= 0.6 is 27.3 Å². The molecule has 2 heterocycles. The number of ether oxygens (including phenoxy) is 2. The molecule has 1 aromatic rings. The Kier molecular flexibility index (Phi) is 5.06. The van der Waals surface area contributed by atoms with Gasteiger partial charge in [-0.25, -0.2) is 4.79 Å². The highest BCUT2D eigenvalue weighted by molar-refractivity contribution is 9.10. The summed E-state index contributed by atoms with van der Waals surface area (Å²) in [5.74, 6) is 0. The zero-order chi connectivity index (χ0) is 13.8. The van der Waals surface area contributed by atoms with E-state index >= 15 is 0 Å². The maximum Gasteiger partial charge on any atom is 0.409 e. The van der Waals surface area contributed by atoms with Gasteiger partial charge in [0.25, 0.3) is 0 Å². The monoisotopic (exact) mass is 348 g/mol. The Morgan fingerprint density at radius 3 is 3.00 bits per heavy atom. The van der Waals surface area contributed by atoms with Crippen molar-refractivity contribution in [1.29, 1.82) is 0 Å². The average Bonchev–Trinajstić information content (AvgIpc) is 2.93. The van der Waals surface area contributed by atoms with Gasteiger partial charge in [0.05, 0.1) is 18.1 Å². The molecule has 1 aromatic heterocycles. The molecule has 2 rings (SSSR count). The fourth-order valence-corrected chi connectivity index (χ4v) is 3.65. The third-order valence-electron chi connectivity index (χ3n) is 2.91. The van der Waals surface area contributed by atoms with E-state index in [-0.39, 0.29) is 6.09 Å². The van der Waals surface area contributed by atoms with Crippen molar-refractivity contribution in [3.8, 4) is 5.06 Å². The van der Waals surface area contributed by atoms with E-state index in [0.29, 0.717) is 19.7 Å². The Balaban J connectivity index is 1.80. The lowest BCUT2D eigenvalue weighted by molar-refractivity contribution is 0.155. The van der Waals surface area contributed by atoms with E-state index < -0.39 is 0 Å². The second-order valence-corrected chi connectivity index (χ2v) is 6.35. The Morgan fingerprint density at radius 1 is 1.63 bits per heavy atom. The summed E-state index contributed by atoms with van der Waals surface area (Å²) in [5, 5.41) is 0.895. The molecule has 7 heteroatoms. The number of halogens is 1. The van der Waals surface area contributed by atoms with Crippen LogP contribution in [0.4, 0.5) is 4.79 Å². The molecule has 0 radical (unpaired) electrons. The van der Waals surface area contributed by atoms with Gasteiger partial charge in [-0.05, 0) is 29.0 Å². The normalized spacial score (nSPS) is 15.2. The van der Waals surface area contributed by atoms with E-state index in [2.05, 4.69) is 26.9 Å². The lowest BCUT2D eigenvalue weighted by atomic mass is 10.4. The molecule has 106 valence electrons. The molecular weight excluding hydrogens is 332 g/mol. The van der Waals surface area contributed by atoms with Crippen LogP contribution in [0.25, 0.3) is 0 Å². The highest BCUT2D eigenvalue weighted by Crippen LogP contribution is 2.35. The summed E-state index contributed by atoms with van der Waals surface area (Å²) in [6, 6.07) is 2.07. The van der Waals surface area contributed by atoms with Gasteiger partial charge in [-0.3, -0.25) is 4.90 Å². The molecule has 0 saturated carbocycles. The standard InChI is InChI=1S/C12H17BrN2O3S/c1-14(3-4-15-5-6-18-12(15)16)8-9-7-10(13)11(17-2)19-9/h7H,3-6,8H2,1-2H3. The second-order valence-electron chi connectivity index (χ2n) is 4.39. The van der Waals surface area contributed by atoms with Gasteiger partial charge in [0.2, 0.25) is 0 Å². The second kappa shape index (κ2) is 6.58. The minimum absolute atomic E-state index is 0.200. The summed E-state index contributed by atoms with van der Waals surface area (Å²) in [7, 11) is 3.71. The summed E-state index contributed by atoms with van der Waals surface area (Å²) < 4.78 is 11.1. The molecule has 1 aliphatic rings. The van der Waals surface area contributed by atoms with E-state index in [1.807, 2.05) is 7.05 Å². The minimum Gasteiger partial charge on any atom is -0.486 e. The number of methoxy groups -OCH3 is 1. The van der Waals surface area contributed by atoms with Gasteiger partial charge >= 0.3 is 6.09 Å². The molecule has 0 bridgehead atoms. The summed E-state index contributed by atoms with van der Waals surface area (Å²) in [6.07, 6.45) is -0.200. The van der Waals surface area contributed by atoms with Crippen molar-refractivity contribution in [3.05, 3.63) is 15.4 Å². The predicted octanol–water partition coefficient (Wildman–Crippen LogP) is 2.40. The summed E-state index contributed by atoms with van der Waals surface area (Å²) in [4.78, 5) is 16.4. The first-order valence-corrected chi connectivity index (χ1v) is 7.63. The lowest BCUT2D eigenvalue weighted by Gasteiger charge is -2.19. The number of likely N-dealkylation sites (N-methyl/N-ethyl adjacent to an activating group) is 1. The molecule has 0 unspecified atom stereocenters. The highest BCUT2D eigenvalue weighted by atomic mass is 79.9. The molecule has 1 amide bonds. The van der Waals surface area contributed by atoms with Gasteiger partial charge in [-0.1, -0.05) is 0 Å². The van der Waals surface area contributed by atoms with Crippen molar-refractivity contribution < 1.29 is 14.3 Å². The first-order chi connectivity index (χ1) is 9.10. The third-order valence-corrected chi connectivity index (χ3v) is 4.85. The number of carbonyl (C=O) groups is 1. The van der Waals surface area contributed by atoms with Crippen molar-refractivity contribution in [2.24, 2.45) is 0 Å². The molecule has 5 nitrogen and oxygen atoms in total. The molecule has 19 heavy (non-hydrogen) atoms. The highest BCUT2D eigenvalue weighted by Gasteiger charge is 2.21. The van der Waals surface area contributed by atoms with Crippen LogP contribution in [-0.2, 0) is 11.3 Å². The van der Waals surface area contributed by atoms with Crippen molar-refractivity contribution in [2.45, 2.75) is 6.54 Å². The molecule has 1 aliphatic heterocycles. The number of rotatable bonds is 6. The van der Waals surface area contributed by atoms with Crippen LogP contribution in [0, 0.1) is 0 Å². The van der Waals surface area contributed by atoms with Crippen molar-refractivity contribution in [3.63, 3.8) is 0 Å². The maximum atomic E-state index is 11.3. The van der Waals surface area contributed by atoms with Crippen LogP contribution < -0.4 is 4.74 Å². The zero-order valence-electron chi connectivity index (χ0n) is 11.0. The third kappa shape index (κ3) is 3.84. The van der Waals surface area contributed by atoms with Gasteiger partial charge in [0.1, 0.15) is 6.61 Å². The Morgan fingerprint density at radius 2 is 2.42 bits per heavy atom. The van der Waals surface area contributed by atoms with Crippen molar-refractivity contribution >= 4 is 33.4 Å². The van der Waals surface area contributed by atoms with Crippen LogP contribution in [-0.4, -0.2) is 56.3 Å². The number of hydrogen-bond donors (Lipinski definition) is 0. The lowest BCUT2D eigenvalue weighted by Crippen LogP contribution is -2.33. The Labute approximate surface area is 125 Å². The number of carbonyl (C=O) groups excluding carboxylic acids is 1. The van der Waals surface area contributed by atoms with Gasteiger partial charge in [0, 0.05) is 24.5 Å². The number of hydrogen-bond acceptors (Lipinski definition) is 5. The SMILES string of the molecule is COc1sc(CN(C)CCN2CCOC2=O)cc1Br.